The Hall–Kier alpha value is -2.09. The van der Waals surface area contributed by atoms with Gasteiger partial charge in [0.05, 0.1) is 23.9 Å². The molecule has 0 spiro atoms. The number of rotatable bonds is 9. The molecule has 1 unspecified atom stereocenters. The van der Waals surface area contributed by atoms with Gasteiger partial charge in [-0.05, 0) is 38.0 Å². The van der Waals surface area contributed by atoms with Crippen molar-refractivity contribution in [3.8, 4) is 0 Å². The summed E-state index contributed by atoms with van der Waals surface area (Å²) in [7, 11) is 0. The zero-order valence-corrected chi connectivity index (χ0v) is 16.5. The quantitative estimate of drug-likeness (QED) is 0.293. The maximum Gasteiger partial charge on any atom is 0.0991 e. The number of allylic oxidation sites excluding steroid dienone is 1. The van der Waals surface area contributed by atoms with Crippen molar-refractivity contribution < 1.29 is 4.74 Å². The number of nitrogens with one attached hydrogen (secondary N) is 2. The third-order valence-electron chi connectivity index (χ3n) is 4.60. The van der Waals surface area contributed by atoms with E-state index in [-0.39, 0.29) is 12.3 Å². The van der Waals surface area contributed by atoms with E-state index >= 15 is 0 Å². The molecule has 8 heteroatoms. The summed E-state index contributed by atoms with van der Waals surface area (Å²) < 4.78 is 5.98. The molecule has 1 heterocycles. The zero-order chi connectivity index (χ0) is 19.6. The van der Waals surface area contributed by atoms with E-state index in [1.54, 1.807) is 6.21 Å². The molecule has 0 amide bonds. The van der Waals surface area contributed by atoms with Crippen LogP contribution in [0.2, 0.25) is 0 Å². The number of halogens is 1. The van der Waals surface area contributed by atoms with Crippen LogP contribution in [0.4, 0.5) is 11.4 Å². The number of piperidine rings is 1. The molecule has 7 nitrogen and oxygen atoms in total. The van der Waals surface area contributed by atoms with Gasteiger partial charge in [0.2, 0.25) is 0 Å². The number of benzene rings is 1. The highest BCUT2D eigenvalue weighted by Gasteiger charge is 2.22. The molecule has 0 aliphatic carbocycles. The largest absolute Gasteiger partial charge is 0.403 e. The molecule has 2 rings (SSSR count). The number of hydrogen-bond acceptors (Lipinski definition) is 7. The van der Waals surface area contributed by atoms with Crippen LogP contribution < -0.4 is 16.8 Å². The van der Waals surface area contributed by atoms with Crippen molar-refractivity contribution in [3.63, 3.8) is 0 Å². The van der Waals surface area contributed by atoms with Crippen molar-refractivity contribution in [1.29, 1.82) is 5.41 Å². The van der Waals surface area contributed by atoms with Gasteiger partial charge < -0.3 is 26.9 Å². The van der Waals surface area contributed by atoms with E-state index in [4.69, 9.17) is 33.2 Å². The molecule has 1 aliphatic heterocycles. The minimum absolute atomic E-state index is 0.0794. The first-order valence-electron chi connectivity index (χ1n) is 9.13. The fraction of sp³-hybridized carbons (Fsp3) is 0.474. The van der Waals surface area contributed by atoms with Crippen molar-refractivity contribution in [2.24, 2.45) is 10.7 Å². The van der Waals surface area contributed by atoms with E-state index in [0.717, 1.165) is 37.2 Å². The maximum atomic E-state index is 7.26. The summed E-state index contributed by atoms with van der Waals surface area (Å²) in [6, 6.07) is 5.59. The Bertz CT molecular complexity index is 670. The lowest BCUT2D eigenvalue weighted by Crippen LogP contribution is -2.41. The van der Waals surface area contributed by atoms with Gasteiger partial charge in [0.25, 0.3) is 0 Å². The summed E-state index contributed by atoms with van der Waals surface area (Å²) in [5.41, 5.74) is 13.5. The van der Waals surface area contributed by atoms with Crippen LogP contribution in [0.15, 0.2) is 34.4 Å². The van der Waals surface area contributed by atoms with Crippen LogP contribution in [0.3, 0.4) is 0 Å². The topological polar surface area (TPSA) is 113 Å². The molecule has 1 atom stereocenters. The van der Waals surface area contributed by atoms with E-state index in [1.807, 2.05) is 18.2 Å². The molecule has 1 fully saturated rings. The van der Waals surface area contributed by atoms with E-state index in [2.05, 4.69) is 22.1 Å². The highest BCUT2D eigenvalue weighted by Crippen LogP contribution is 2.18. The van der Waals surface area contributed by atoms with E-state index in [9.17, 15) is 0 Å². The molecule has 1 aliphatic rings. The Morgan fingerprint density at radius 3 is 2.85 bits per heavy atom. The van der Waals surface area contributed by atoms with Crippen LogP contribution >= 0.6 is 11.6 Å². The van der Waals surface area contributed by atoms with Gasteiger partial charge in [-0.25, -0.2) is 0 Å². The Kier molecular flexibility index (Phi) is 8.57. The van der Waals surface area contributed by atoms with Crippen LogP contribution in [0.5, 0.6) is 0 Å². The minimum Gasteiger partial charge on any atom is -0.403 e. The molecule has 1 aromatic rings. The van der Waals surface area contributed by atoms with Gasteiger partial charge in [-0.1, -0.05) is 11.6 Å². The Labute approximate surface area is 165 Å². The number of likely N-dealkylation sites (tertiary alicyclic amines) is 1. The van der Waals surface area contributed by atoms with Gasteiger partial charge >= 0.3 is 0 Å². The molecular formula is C19H29ClN6O. The summed E-state index contributed by atoms with van der Waals surface area (Å²) in [6.07, 6.45) is 6.52. The molecule has 0 saturated carbocycles. The predicted molar refractivity (Wildman–Crippen MR) is 114 cm³/mol. The van der Waals surface area contributed by atoms with Crippen LogP contribution in [0.25, 0.3) is 0 Å². The number of ether oxygens (including phenoxy) is 1. The third-order valence-corrected chi connectivity index (χ3v) is 4.83. The number of aliphatic imine (C=N–C) groups is 1. The summed E-state index contributed by atoms with van der Waals surface area (Å²) >= 11 is 5.84. The van der Waals surface area contributed by atoms with Crippen molar-refractivity contribution in [2.75, 3.05) is 37.3 Å². The van der Waals surface area contributed by atoms with Crippen LogP contribution in [-0.2, 0) is 4.74 Å². The van der Waals surface area contributed by atoms with Crippen LogP contribution in [0, 0.1) is 5.41 Å². The van der Waals surface area contributed by atoms with Gasteiger partial charge in [-0.3, -0.25) is 9.89 Å². The molecule has 27 heavy (non-hydrogen) atoms. The first kappa shape index (κ1) is 21.2. The molecule has 0 aromatic heterocycles. The standard InChI is InChI=1S/C19H29ClN6O/c1-14(25-13-16(20)12-22)26-7-4-18(5-8-26)27-9-6-24-17-3-2-15(11-21)19(23)10-17/h2-3,10-14,18,21,24H,4-9,22-23H2,1H3/b16-12+,21-11?,25-13-. The summed E-state index contributed by atoms with van der Waals surface area (Å²) in [5.74, 6) is 0. The average Bonchev–Trinajstić information content (AvgIpc) is 2.69. The number of hydrogen-bond donors (Lipinski definition) is 4. The number of nitrogen functional groups attached to an aromatic ring is 1. The van der Waals surface area contributed by atoms with Crippen molar-refractivity contribution in [3.05, 3.63) is 35.0 Å². The smallest absolute Gasteiger partial charge is 0.0991 e. The van der Waals surface area contributed by atoms with Crippen LogP contribution in [-0.4, -0.2) is 55.8 Å². The first-order valence-corrected chi connectivity index (χ1v) is 9.51. The molecular weight excluding hydrogens is 364 g/mol. The fourth-order valence-electron chi connectivity index (χ4n) is 2.97. The molecule has 148 valence electrons. The van der Waals surface area contributed by atoms with Gasteiger partial charge in [0.15, 0.2) is 0 Å². The average molecular weight is 393 g/mol. The van der Waals surface area contributed by atoms with E-state index in [1.165, 1.54) is 12.4 Å². The number of nitrogens with zero attached hydrogens (tertiary/aromatic N) is 2. The summed E-state index contributed by atoms with van der Waals surface area (Å²) in [4.78, 5) is 6.73. The van der Waals surface area contributed by atoms with Gasteiger partial charge in [0, 0.05) is 55.2 Å². The van der Waals surface area contributed by atoms with Gasteiger partial charge in [-0.2, -0.15) is 0 Å². The number of nitrogens with two attached hydrogens (primary N) is 2. The second kappa shape index (κ2) is 10.9. The first-order chi connectivity index (χ1) is 13.0. The van der Waals surface area contributed by atoms with E-state index in [0.29, 0.717) is 23.9 Å². The molecule has 1 aromatic carbocycles. The summed E-state index contributed by atoms with van der Waals surface area (Å²) in [5, 5.41) is 11.0. The highest BCUT2D eigenvalue weighted by atomic mass is 35.5. The Morgan fingerprint density at radius 2 is 2.22 bits per heavy atom. The molecule has 6 N–H and O–H groups in total. The highest BCUT2D eigenvalue weighted by molar-refractivity contribution is 6.39. The monoisotopic (exact) mass is 392 g/mol. The van der Waals surface area contributed by atoms with Crippen molar-refractivity contribution >= 4 is 35.4 Å². The van der Waals surface area contributed by atoms with Crippen molar-refractivity contribution in [1.82, 2.24) is 4.90 Å². The summed E-state index contributed by atoms with van der Waals surface area (Å²) in [6.45, 7) is 5.30. The minimum atomic E-state index is 0.0794. The zero-order valence-electron chi connectivity index (χ0n) is 15.7. The van der Waals surface area contributed by atoms with Crippen molar-refractivity contribution in [2.45, 2.75) is 32.0 Å². The SMILES string of the molecule is CC(/N=C\C(Cl)=C/N)N1CCC(OCCNc2ccc(C=N)c(N)c2)CC1. The maximum absolute atomic E-state index is 7.26. The second-order valence-corrected chi connectivity index (χ2v) is 6.92. The molecule has 1 saturated heterocycles. The third kappa shape index (κ3) is 6.86. The fourth-order valence-corrected chi connectivity index (χ4v) is 3.03. The molecule has 0 bridgehead atoms. The Morgan fingerprint density at radius 1 is 1.48 bits per heavy atom. The molecule has 0 radical (unpaired) electrons. The lowest BCUT2D eigenvalue weighted by molar-refractivity contribution is 0.00529. The second-order valence-electron chi connectivity index (χ2n) is 6.48. The number of anilines is 2. The van der Waals surface area contributed by atoms with Crippen LogP contribution in [0.1, 0.15) is 25.3 Å². The van der Waals surface area contributed by atoms with Gasteiger partial charge in [-0.15, -0.1) is 0 Å². The lowest BCUT2D eigenvalue weighted by atomic mass is 10.1. The lowest BCUT2D eigenvalue weighted by Gasteiger charge is -2.34. The normalized spacial score (nSPS) is 17.9. The predicted octanol–water partition coefficient (Wildman–Crippen LogP) is 2.62. The Balaban J connectivity index is 1.65. The van der Waals surface area contributed by atoms with Gasteiger partial charge in [0.1, 0.15) is 0 Å². The van der Waals surface area contributed by atoms with E-state index < -0.39 is 0 Å².